The second-order valence-corrected chi connectivity index (χ2v) is 3.65. The molecule has 0 spiro atoms. The molecule has 1 amide bonds. The largest absolute Gasteiger partial charge is 0.472 e. The number of anilines is 1. The zero-order valence-electron chi connectivity index (χ0n) is 9.63. The number of hydrogen-bond donors (Lipinski definition) is 3. The fraction of sp³-hybridized carbons (Fsp3) is 0. The summed E-state index contributed by atoms with van der Waals surface area (Å²) < 4.78 is 18.5. The highest BCUT2D eigenvalue weighted by molar-refractivity contribution is 6.04. The van der Waals surface area contributed by atoms with Gasteiger partial charge in [0.2, 0.25) is 0 Å². The van der Waals surface area contributed by atoms with Crippen LogP contribution in [0.3, 0.4) is 0 Å². The molecule has 0 aliphatic heterocycles. The van der Waals surface area contributed by atoms with Crippen molar-refractivity contribution in [3.05, 3.63) is 53.7 Å². The average molecular weight is 263 g/mol. The Kier molecular flexibility index (Phi) is 3.46. The molecular formula is C12H10FN3O3. The van der Waals surface area contributed by atoms with Crippen molar-refractivity contribution in [2.24, 2.45) is 10.9 Å². The predicted molar refractivity (Wildman–Crippen MR) is 65.6 cm³/mol. The molecule has 0 atom stereocenters. The number of nitrogens with two attached hydrogens (primary N) is 1. The first-order chi connectivity index (χ1) is 9.11. The molecule has 0 saturated carbocycles. The molecule has 0 bridgehead atoms. The van der Waals surface area contributed by atoms with E-state index in [9.17, 15) is 9.18 Å². The van der Waals surface area contributed by atoms with Crippen LogP contribution in [0.2, 0.25) is 0 Å². The molecule has 4 N–H and O–H groups in total. The van der Waals surface area contributed by atoms with E-state index in [1.807, 2.05) is 0 Å². The number of furan rings is 1. The van der Waals surface area contributed by atoms with Gasteiger partial charge in [0.25, 0.3) is 5.91 Å². The summed E-state index contributed by atoms with van der Waals surface area (Å²) in [5.41, 5.74) is 5.80. The van der Waals surface area contributed by atoms with Gasteiger partial charge in [-0.3, -0.25) is 4.79 Å². The third-order valence-electron chi connectivity index (χ3n) is 2.40. The Hall–Kier alpha value is -2.83. The minimum absolute atomic E-state index is 0.0133. The molecule has 1 heterocycles. The summed E-state index contributed by atoms with van der Waals surface area (Å²) >= 11 is 0. The van der Waals surface area contributed by atoms with Gasteiger partial charge in [0, 0.05) is 5.56 Å². The van der Waals surface area contributed by atoms with Crippen LogP contribution in [0.1, 0.15) is 15.9 Å². The van der Waals surface area contributed by atoms with E-state index in [4.69, 9.17) is 15.4 Å². The molecule has 0 aliphatic carbocycles. The van der Waals surface area contributed by atoms with Crippen LogP contribution in [0.25, 0.3) is 0 Å². The number of nitrogens with one attached hydrogen (secondary N) is 1. The maximum absolute atomic E-state index is 13.7. The summed E-state index contributed by atoms with van der Waals surface area (Å²) in [6.07, 6.45) is 2.59. The second kappa shape index (κ2) is 5.21. The molecule has 0 radical (unpaired) electrons. The van der Waals surface area contributed by atoms with Crippen LogP contribution in [0.4, 0.5) is 10.1 Å². The number of amides is 1. The van der Waals surface area contributed by atoms with Gasteiger partial charge in [-0.1, -0.05) is 5.16 Å². The summed E-state index contributed by atoms with van der Waals surface area (Å²) in [7, 11) is 0. The van der Waals surface area contributed by atoms with Crippen LogP contribution in [0.5, 0.6) is 0 Å². The fourth-order valence-corrected chi connectivity index (χ4v) is 1.42. The van der Waals surface area contributed by atoms with Crippen LogP contribution in [0.15, 0.2) is 46.4 Å². The van der Waals surface area contributed by atoms with E-state index in [-0.39, 0.29) is 22.6 Å². The highest BCUT2D eigenvalue weighted by Gasteiger charge is 2.11. The Bertz CT molecular complexity index is 623. The molecule has 1 aromatic carbocycles. The summed E-state index contributed by atoms with van der Waals surface area (Å²) in [5, 5.41) is 13.6. The monoisotopic (exact) mass is 263 g/mol. The predicted octanol–water partition coefficient (Wildman–Crippen LogP) is 1.77. The van der Waals surface area contributed by atoms with E-state index in [0.717, 1.165) is 6.07 Å². The molecule has 0 aliphatic rings. The van der Waals surface area contributed by atoms with Gasteiger partial charge in [0.15, 0.2) is 5.84 Å². The van der Waals surface area contributed by atoms with E-state index >= 15 is 0 Å². The minimum Gasteiger partial charge on any atom is -0.472 e. The Morgan fingerprint density at radius 2 is 2.16 bits per heavy atom. The van der Waals surface area contributed by atoms with Gasteiger partial charge in [-0.05, 0) is 24.3 Å². The number of rotatable bonds is 3. The first-order valence-electron chi connectivity index (χ1n) is 5.23. The van der Waals surface area contributed by atoms with Gasteiger partial charge in [-0.15, -0.1) is 0 Å². The third kappa shape index (κ3) is 2.71. The number of benzene rings is 1. The normalized spacial score (nSPS) is 11.3. The van der Waals surface area contributed by atoms with E-state index in [1.54, 1.807) is 0 Å². The smallest absolute Gasteiger partial charge is 0.258 e. The maximum atomic E-state index is 13.7. The SMILES string of the molecule is N/C(=N/O)c1ccc(NC(=O)c2ccoc2)c(F)c1. The molecule has 19 heavy (non-hydrogen) atoms. The quantitative estimate of drug-likeness (QED) is 0.340. The fourth-order valence-electron chi connectivity index (χ4n) is 1.42. The molecule has 0 saturated heterocycles. The molecule has 7 heteroatoms. The van der Waals surface area contributed by atoms with Crippen LogP contribution in [-0.2, 0) is 0 Å². The number of halogens is 1. The van der Waals surface area contributed by atoms with Crippen molar-refractivity contribution in [2.45, 2.75) is 0 Å². The number of carbonyl (C=O) groups excluding carboxylic acids is 1. The lowest BCUT2D eigenvalue weighted by atomic mass is 10.1. The Morgan fingerprint density at radius 3 is 2.74 bits per heavy atom. The molecule has 0 fully saturated rings. The van der Waals surface area contributed by atoms with E-state index in [1.165, 1.54) is 30.7 Å². The van der Waals surface area contributed by atoms with Crippen molar-refractivity contribution in [3.63, 3.8) is 0 Å². The summed E-state index contributed by atoms with van der Waals surface area (Å²) in [6.45, 7) is 0. The zero-order chi connectivity index (χ0) is 13.8. The van der Waals surface area contributed by atoms with Crippen LogP contribution in [-0.4, -0.2) is 17.0 Å². The minimum atomic E-state index is -0.694. The standard InChI is InChI=1S/C12H10FN3O3/c13-9-5-7(11(14)16-18)1-2-10(9)15-12(17)8-3-4-19-6-8/h1-6,18H,(H2,14,16)(H,15,17). The zero-order valence-corrected chi connectivity index (χ0v) is 9.63. The van der Waals surface area contributed by atoms with Crippen molar-refractivity contribution < 1.29 is 18.8 Å². The molecule has 1 aromatic heterocycles. The number of nitrogens with zero attached hydrogens (tertiary/aromatic N) is 1. The first-order valence-corrected chi connectivity index (χ1v) is 5.23. The summed E-state index contributed by atoms with van der Waals surface area (Å²) in [5.74, 6) is -1.41. The van der Waals surface area contributed by atoms with Gasteiger partial charge >= 0.3 is 0 Å². The Balaban J connectivity index is 2.20. The average Bonchev–Trinajstić information content (AvgIpc) is 2.94. The summed E-state index contributed by atoms with van der Waals surface area (Å²) in [4.78, 5) is 11.7. The van der Waals surface area contributed by atoms with Gasteiger partial charge in [-0.2, -0.15) is 0 Å². The molecule has 2 rings (SSSR count). The Labute approximate surface area is 107 Å². The number of amidine groups is 1. The highest BCUT2D eigenvalue weighted by atomic mass is 19.1. The first kappa shape index (κ1) is 12.6. The van der Waals surface area contributed by atoms with Gasteiger partial charge in [0.05, 0.1) is 17.5 Å². The van der Waals surface area contributed by atoms with Crippen molar-refractivity contribution in [3.8, 4) is 0 Å². The van der Waals surface area contributed by atoms with Crippen LogP contribution in [0, 0.1) is 5.82 Å². The number of hydrogen-bond acceptors (Lipinski definition) is 4. The summed E-state index contributed by atoms with van der Waals surface area (Å²) in [6, 6.07) is 5.25. The topological polar surface area (TPSA) is 101 Å². The van der Waals surface area contributed by atoms with Gasteiger partial charge < -0.3 is 20.7 Å². The maximum Gasteiger partial charge on any atom is 0.258 e. The van der Waals surface area contributed by atoms with E-state index < -0.39 is 11.7 Å². The van der Waals surface area contributed by atoms with Crippen molar-refractivity contribution in [2.75, 3.05) is 5.32 Å². The second-order valence-electron chi connectivity index (χ2n) is 3.65. The molecule has 6 nitrogen and oxygen atoms in total. The van der Waals surface area contributed by atoms with Crippen molar-refractivity contribution in [1.82, 2.24) is 0 Å². The molecular weight excluding hydrogens is 253 g/mol. The lowest BCUT2D eigenvalue weighted by Crippen LogP contribution is -2.15. The number of oxime groups is 1. The molecule has 2 aromatic rings. The van der Waals surface area contributed by atoms with E-state index in [0.29, 0.717) is 0 Å². The highest BCUT2D eigenvalue weighted by Crippen LogP contribution is 2.17. The van der Waals surface area contributed by atoms with Gasteiger partial charge in [0.1, 0.15) is 12.1 Å². The van der Waals surface area contributed by atoms with Gasteiger partial charge in [-0.25, -0.2) is 4.39 Å². The molecule has 0 unspecified atom stereocenters. The van der Waals surface area contributed by atoms with Crippen LogP contribution >= 0.6 is 0 Å². The van der Waals surface area contributed by atoms with Crippen molar-refractivity contribution >= 4 is 17.4 Å². The van der Waals surface area contributed by atoms with E-state index in [2.05, 4.69) is 10.5 Å². The van der Waals surface area contributed by atoms with Crippen molar-refractivity contribution in [1.29, 1.82) is 0 Å². The third-order valence-corrected chi connectivity index (χ3v) is 2.40. The molecule has 98 valence electrons. The number of carbonyl (C=O) groups is 1. The van der Waals surface area contributed by atoms with Crippen LogP contribution < -0.4 is 11.1 Å². The Morgan fingerprint density at radius 1 is 1.37 bits per heavy atom. The lowest BCUT2D eigenvalue weighted by Gasteiger charge is -2.06. The lowest BCUT2D eigenvalue weighted by molar-refractivity contribution is 0.102.